The van der Waals surface area contributed by atoms with Gasteiger partial charge in [0.2, 0.25) is 0 Å². The van der Waals surface area contributed by atoms with E-state index in [1.807, 2.05) is 0 Å². The molecule has 0 atom stereocenters. The summed E-state index contributed by atoms with van der Waals surface area (Å²) in [6.45, 7) is 0.743. The summed E-state index contributed by atoms with van der Waals surface area (Å²) in [6, 6.07) is 1.17. The van der Waals surface area contributed by atoms with Crippen molar-refractivity contribution >= 4 is 15.9 Å². The number of H-pyrrole nitrogens is 1. The topological polar surface area (TPSA) is 32.9 Å². The highest BCUT2D eigenvalue weighted by Gasteiger charge is 2.27. The fraction of sp³-hybridized carbons (Fsp3) is 0.286. The summed E-state index contributed by atoms with van der Waals surface area (Å²) < 4.78 is 25.3. The molecule has 0 amide bonds. The normalized spacial score (nSPS) is 11.7. The molecule has 0 aliphatic rings. The van der Waals surface area contributed by atoms with Gasteiger partial charge in [0.25, 0.3) is 11.5 Å². The molecule has 1 aromatic heterocycles. The van der Waals surface area contributed by atoms with Gasteiger partial charge in [-0.1, -0.05) is 0 Å². The lowest BCUT2D eigenvalue weighted by atomic mass is 10.2. The SMILES string of the molecule is CC(F)(F)c1cc[nH]c(=O)c1Br. The molecule has 1 heterocycles. The quantitative estimate of drug-likeness (QED) is 0.799. The Labute approximate surface area is 75.7 Å². The molecule has 5 heteroatoms. The first-order valence-corrected chi connectivity index (χ1v) is 3.97. The predicted molar refractivity (Wildman–Crippen MR) is 44.3 cm³/mol. The van der Waals surface area contributed by atoms with E-state index in [9.17, 15) is 13.6 Å². The number of alkyl halides is 2. The van der Waals surface area contributed by atoms with E-state index in [0.717, 1.165) is 6.92 Å². The Bertz CT molecular complexity index is 342. The highest BCUT2D eigenvalue weighted by molar-refractivity contribution is 9.10. The van der Waals surface area contributed by atoms with E-state index in [1.165, 1.54) is 12.3 Å². The molecular formula is C7H6BrF2NO. The number of hydrogen-bond donors (Lipinski definition) is 1. The maximum Gasteiger partial charge on any atom is 0.271 e. The molecule has 0 saturated heterocycles. The van der Waals surface area contributed by atoms with Crippen molar-refractivity contribution in [3.05, 3.63) is 32.7 Å². The van der Waals surface area contributed by atoms with E-state index in [4.69, 9.17) is 0 Å². The zero-order valence-electron chi connectivity index (χ0n) is 6.20. The van der Waals surface area contributed by atoms with Crippen molar-refractivity contribution in [1.82, 2.24) is 4.98 Å². The molecule has 66 valence electrons. The van der Waals surface area contributed by atoms with Crippen molar-refractivity contribution in [3.8, 4) is 0 Å². The second kappa shape index (κ2) is 2.97. The van der Waals surface area contributed by atoms with Crippen LogP contribution in [-0.4, -0.2) is 4.98 Å². The minimum atomic E-state index is -2.99. The maximum atomic E-state index is 12.7. The lowest BCUT2D eigenvalue weighted by Gasteiger charge is -2.10. The first kappa shape index (κ1) is 9.38. The van der Waals surface area contributed by atoms with Crippen molar-refractivity contribution < 1.29 is 8.78 Å². The molecule has 2 nitrogen and oxygen atoms in total. The van der Waals surface area contributed by atoms with Crippen LogP contribution in [0.5, 0.6) is 0 Å². The highest BCUT2D eigenvalue weighted by atomic mass is 79.9. The molecule has 1 rings (SSSR count). The van der Waals surface area contributed by atoms with Crippen LogP contribution in [0.2, 0.25) is 0 Å². The van der Waals surface area contributed by atoms with Gasteiger partial charge in [-0.05, 0) is 22.0 Å². The van der Waals surface area contributed by atoms with Crippen LogP contribution < -0.4 is 5.56 Å². The van der Waals surface area contributed by atoms with E-state index in [1.54, 1.807) is 0 Å². The van der Waals surface area contributed by atoms with Crippen molar-refractivity contribution in [2.75, 3.05) is 0 Å². The number of aromatic nitrogens is 1. The van der Waals surface area contributed by atoms with Gasteiger partial charge in [-0.2, -0.15) is 0 Å². The first-order chi connectivity index (χ1) is 5.43. The highest BCUT2D eigenvalue weighted by Crippen LogP contribution is 2.30. The Morgan fingerprint density at radius 2 is 2.17 bits per heavy atom. The van der Waals surface area contributed by atoms with Crippen LogP contribution in [0.15, 0.2) is 21.5 Å². The number of halogens is 3. The lowest BCUT2D eigenvalue weighted by Crippen LogP contribution is -2.15. The molecule has 0 bridgehead atoms. The fourth-order valence-electron chi connectivity index (χ4n) is 0.799. The second-order valence-electron chi connectivity index (χ2n) is 2.42. The molecular weight excluding hydrogens is 232 g/mol. The van der Waals surface area contributed by atoms with Crippen LogP contribution in [-0.2, 0) is 5.92 Å². The average molecular weight is 238 g/mol. The summed E-state index contributed by atoms with van der Waals surface area (Å²) in [5.41, 5.74) is -0.847. The van der Waals surface area contributed by atoms with Crippen LogP contribution in [0.4, 0.5) is 8.78 Å². The van der Waals surface area contributed by atoms with E-state index in [2.05, 4.69) is 20.9 Å². The fourth-order valence-corrected chi connectivity index (χ4v) is 1.39. The van der Waals surface area contributed by atoms with Gasteiger partial charge in [0.15, 0.2) is 0 Å². The van der Waals surface area contributed by atoms with Crippen molar-refractivity contribution in [3.63, 3.8) is 0 Å². The van der Waals surface area contributed by atoms with Gasteiger partial charge in [0.1, 0.15) is 0 Å². The molecule has 0 radical (unpaired) electrons. The predicted octanol–water partition coefficient (Wildman–Crippen LogP) is 2.25. The van der Waals surface area contributed by atoms with Gasteiger partial charge in [0, 0.05) is 18.7 Å². The Hall–Kier alpha value is -0.710. The number of aromatic amines is 1. The molecule has 0 saturated carbocycles. The Morgan fingerprint density at radius 1 is 1.58 bits per heavy atom. The summed E-state index contributed by atoms with van der Waals surface area (Å²) in [7, 11) is 0. The van der Waals surface area contributed by atoms with Crippen LogP contribution in [0.1, 0.15) is 12.5 Å². The largest absolute Gasteiger partial charge is 0.328 e. The van der Waals surface area contributed by atoms with Gasteiger partial charge in [-0.15, -0.1) is 0 Å². The second-order valence-corrected chi connectivity index (χ2v) is 3.22. The smallest absolute Gasteiger partial charge is 0.271 e. The first-order valence-electron chi connectivity index (χ1n) is 3.18. The summed E-state index contributed by atoms with van der Waals surface area (Å²) in [4.78, 5) is 13.1. The molecule has 0 aliphatic carbocycles. The molecule has 0 unspecified atom stereocenters. The summed E-state index contributed by atoms with van der Waals surface area (Å²) in [5, 5.41) is 0. The van der Waals surface area contributed by atoms with Crippen LogP contribution >= 0.6 is 15.9 Å². The van der Waals surface area contributed by atoms with Crippen LogP contribution in [0, 0.1) is 0 Å². The van der Waals surface area contributed by atoms with Crippen molar-refractivity contribution in [1.29, 1.82) is 0 Å². The Balaban J connectivity index is 3.36. The minimum absolute atomic E-state index is 0.113. The zero-order valence-corrected chi connectivity index (χ0v) is 7.78. The van der Waals surface area contributed by atoms with Gasteiger partial charge in [-0.3, -0.25) is 4.79 Å². The molecule has 1 N–H and O–H groups in total. The number of pyridine rings is 1. The third kappa shape index (κ3) is 1.72. The average Bonchev–Trinajstić information content (AvgIpc) is 1.92. The molecule has 0 spiro atoms. The minimum Gasteiger partial charge on any atom is -0.328 e. The molecule has 0 aliphatic heterocycles. The molecule has 0 fully saturated rings. The van der Waals surface area contributed by atoms with E-state index in [-0.39, 0.29) is 10.0 Å². The van der Waals surface area contributed by atoms with Crippen LogP contribution in [0.3, 0.4) is 0 Å². The lowest BCUT2D eigenvalue weighted by molar-refractivity contribution is 0.0165. The molecule has 0 aromatic carbocycles. The van der Waals surface area contributed by atoms with Crippen LogP contribution in [0.25, 0.3) is 0 Å². The maximum absolute atomic E-state index is 12.7. The Morgan fingerprint density at radius 3 is 2.58 bits per heavy atom. The van der Waals surface area contributed by atoms with Gasteiger partial charge in [-0.25, -0.2) is 8.78 Å². The zero-order chi connectivity index (χ0) is 9.35. The number of rotatable bonds is 1. The van der Waals surface area contributed by atoms with Crippen molar-refractivity contribution in [2.45, 2.75) is 12.8 Å². The van der Waals surface area contributed by atoms with E-state index < -0.39 is 11.5 Å². The summed E-state index contributed by atoms with van der Waals surface area (Å²) >= 11 is 2.79. The summed E-state index contributed by atoms with van der Waals surface area (Å²) in [6.07, 6.45) is 1.19. The molecule has 12 heavy (non-hydrogen) atoms. The number of nitrogens with one attached hydrogen (secondary N) is 1. The molecule has 1 aromatic rings. The standard InChI is InChI=1S/C7H6BrF2NO/c1-7(9,10)4-2-3-11-6(12)5(4)8/h2-3H,1H3,(H,11,12). The van der Waals surface area contributed by atoms with E-state index in [0.29, 0.717) is 0 Å². The van der Waals surface area contributed by atoms with Gasteiger partial charge < -0.3 is 4.98 Å². The number of hydrogen-bond acceptors (Lipinski definition) is 1. The Kier molecular flexibility index (Phi) is 2.32. The third-order valence-corrected chi connectivity index (χ3v) is 2.16. The van der Waals surface area contributed by atoms with Crippen molar-refractivity contribution in [2.24, 2.45) is 0 Å². The summed E-state index contributed by atoms with van der Waals surface area (Å²) in [5.74, 6) is -2.99. The monoisotopic (exact) mass is 237 g/mol. The van der Waals surface area contributed by atoms with E-state index >= 15 is 0 Å². The third-order valence-electron chi connectivity index (χ3n) is 1.37. The van der Waals surface area contributed by atoms with Gasteiger partial charge in [0.05, 0.1) is 4.47 Å². The van der Waals surface area contributed by atoms with Gasteiger partial charge >= 0.3 is 0 Å².